The summed E-state index contributed by atoms with van der Waals surface area (Å²) in [6, 6.07) is 7.08. The van der Waals surface area contributed by atoms with Crippen LogP contribution in [0.4, 0.5) is 8.78 Å². The van der Waals surface area contributed by atoms with E-state index in [1.807, 2.05) is 13.1 Å². The summed E-state index contributed by atoms with van der Waals surface area (Å²) in [7, 11) is 3.11. The molecule has 8 heteroatoms. The van der Waals surface area contributed by atoms with Crippen molar-refractivity contribution in [2.75, 3.05) is 20.8 Å². The van der Waals surface area contributed by atoms with Crippen LogP contribution < -0.4 is 19.5 Å². The lowest BCUT2D eigenvalue weighted by Gasteiger charge is -2.16. The van der Waals surface area contributed by atoms with Gasteiger partial charge in [-0.05, 0) is 19.1 Å². The molecule has 0 aliphatic rings. The van der Waals surface area contributed by atoms with Crippen molar-refractivity contribution in [1.82, 2.24) is 10.3 Å². The van der Waals surface area contributed by atoms with Crippen LogP contribution in [0.15, 0.2) is 36.5 Å². The van der Waals surface area contributed by atoms with Crippen molar-refractivity contribution in [3.8, 4) is 17.2 Å². The van der Waals surface area contributed by atoms with Crippen molar-refractivity contribution in [2.24, 2.45) is 0 Å². The normalized spacial score (nSPS) is 10.8. The van der Waals surface area contributed by atoms with E-state index < -0.39 is 11.6 Å². The van der Waals surface area contributed by atoms with Crippen molar-refractivity contribution in [2.45, 2.75) is 26.5 Å². The molecule has 160 valence electrons. The molecule has 30 heavy (non-hydrogen) atoms. The standard InChI is InChI=1S/C22H24F2N2O3S/c1-14-11-26-22(30-14)7-8-25-12-16-20(27-2)9-15(10-21(16)28-3)29-13-17-18(23)5-4-6-19(17)24/h4-6,9-11,25H,7-8,12-13H2,1-3H3. The third-order valence-corrected chi connectivity index (χ3v) is 5.49. The number of nitrogens with one attached hydrogen (secondary N) is 1. The van der Waals surface area contributed by atoms with E-state index in [0.717, 1.165) is 23.5 Å². The van der Waals surface area contributed by atoms with E-state index in [2.05, 4.69) is 10.3 Å². The zero-order valence-electron chi connectivity index (χ0n) is 17.1. The van der Waals surface area contributed by atoms with Crippen LogP contribution in [0.5, 0.6) is 17.2 Å². The number of thiazole rings is 1. The summed E-state index contributed by atoms with van der Waals surface area (Å²) in [5.41, 5.74) is 0.707. The second-order valence-corrected chi connectivity index (χ2v) is 7.91. The van der Waals surface area contributed by atoms with Gasteiger partial charge in [-0.2, -0.15) is 0 Å². The highest BCUT2D eigenvalue weighted by Gasteiger charge is 2.15. The van der Waals surface area contributed by atoms with Gasteiger partial charge in [-0.25, -0.2) is 13.8 Å². The fraction of sp³-hybridized carbons (Fsp3) is 0.318. The molecule has 5 nitrogen and oxygen atoms in total. The van der Waals surface area contributed by atoms with Crippen LogP contribution in [0.2, 0.25) is 0 Å². The summed E-state index contributed by atoms with van der Waals surface area (Å²) in [6.07, 6.45) is 2.70. The van der Waals surface area contributed by atoms with E-state index in [9.17, 15) is 8.78 Å². The third kappa shape index (κ3) is 5.46. The highest BCUT2D eigenvalue weighted by molar-refractivity contribution is 7.11. The van der Waals surface area contributed by atoms with Gasteiger partial charge >= 0.3 is 0 Å². The maximum absolute atomic E-state index is 13.8. The summed E-state index contributed by atoms with van der Waals surface area (Å²) in [6.45, 7) is 3.08. The highest BCUT2D eigenvalue weighted by atomic mass is 32.1. The molecule has 0 aliphatic heterocycles. The van der Waals surface area contributed by atoms with Crippen molar-refractivity contribution < 1.29 is 23.0 Å². The second kappa shape index (κ2) is 10.4. The second-order valence-electron chi connectivity index (χ2n) is 6.59. The van der Waals surface area contributed by atoms with Gasteiger partial charge in [-0.1, -0.05) is 6.07 Å². The number of rotatable bonds is 10. The number of ether oxygens (including phenoxy) is 3. The maximum Gasteiger partial charge on any atom is 0.132 e. The minimum absolute atomic E-state index is 0.126. The summed E-state index contributed by atoms with van der Waals surface area (Å²) >= 11 is 1.69. The van der Waals surface area contributed by atoms with Crippen LogP contribution in [0, 0.1) is 18.6 Å². The summed E-state index contributed by atoms with van der Waals surface area (Å²) in [5.74, 6) is 0.232. The number of hydrogen-bond acceptors (Lipinski definition) is 6. The minimum Gasteiger partial charge on any atom is -0.496 e. The molecule has 0 saturated heterocycles. The maximum atomic E-state index is 13.8. The molecule has 1 aromatic heterocycles. The number of benzene rings is 2. The molecule has 0 aliphatic carbocycles. The fourth-order valence-corrected chi connectivity index (χ4v) is 3.76. The van der Waals surface area contributed by atoms with Crippen LogP contribution >= 0.6 is 11.3 Å². The van der Waals surface area contributed by atoms with Crippen molar-refractivity contribution in [1.29, 1.82) is 0 Å². The van der Waals surface area contributed by atoms with Crippen LogP contribution in [-0.2, 0) is 19.6 Å². The van der Waals surface area contributed by atoms with E-state index >= 15 is 0 Å². The first-order valence-corrected chi connectivity index (χ1v) is 10.3. The molecule has 0 spiro atoms. The monoisotopic (exact) mass is 434 g/mol. The summed E-state index contributed by atoms with van der Waals surface area (Å²) in [5, 5.41) is 4.45. The van der Waals surface area contributed by atoms with E-state index in [4.69, 9.17) is 14.2 Å². The molecule has 0 atom stereocenters. The van der Waals surface area contributed by atoms with E-state index in [1.165, 1.54) is 23.1 Å². The van der Waals surface area contributed by atoms with Gasteiger partial charge in [-0.3, -0.25) is 0 Å². The van der Waals surface area contributed by atoms with Gasteiger partial charge in [0.2, 0.25) is 0 Å². The Morgan fingerprint density at radius 1 is 1.03 bits per heavy atom. The molecular formula is C22H24F2N2O3S. The molecular weight excluding hydrogens is 410 g/mol. The highest BCUT2D eigenvalue weighted by Crippen LogP contribution is 2.34. The minimum atomic E-state index is -0.648. The van der Waals surface area contributed by atoms with E-state index in [0.29, 0.717) is 23.8 Å². The van der Waals surface area contributed by atoms with Gasteiger partial charge in [0.15, 0.2) is 0 Å². The lowest BCUT2D eigenvalue weighted by molar-refractivity contribution is 0.287. The zero-order chi connectivity index (χ0) is 21.5. The molecule has 0 amide bonds. The molecule has 0 saturated carbocycles. The van der Waals surface area contributed by atoms with Gasteiger partial charge in [0, 0.05) is 42.7 Å². The lowest BCUT2D eigenvalue weighted by atomic mass is 10.1. The van der Waals surface area contributed by atoms with Gasteiger partial charge in [0.25, 0.3) is 0 Å². The number of methoxy groups -OCH3 is 2. The quantitative estimate of drug-likeness (QED) is 0.471. The predicted octanol–water partition coefficient (Wildman–Crippen LogP) is 4.66. The fourth-order valence-electron chi connectivity index (χ4n) is 2.97. The molecule has 0 unspecified atom stereocenters. The van der Waals surface area contributed by atoms with Crippen LogP contribution in [0.3, 0.4) is 0 Å². The Bertz CT molecular complexity index is 949. The first-order chi connectivity index (χ1) is 14.5. The van der Waals surface area contributed by atoms with Crippen molar-refractivity contribution in [3.63, 3.8) is 0 Å². The summed E-state index contributed by atoms with van der Waals surface area (Å²) < 4.78 is 44.2. The first kappa shape index (κ1) is 22.0. The topological polar surface area (TPSA) is 52.6 Å². The lowest BCUT2D eigenvalue weighted by Crippen LogP contribution is -2.17. The van der Waals surface area contributed by atoms with Gasteiger partial charge in [0.1, 0.15) is 35.5 Å². The smallest absolute Gasteiger partial charge is 0.132 e. The average Bonchev–Trinajstić information content (AvgIpc) is 3.15. The number of halogens is 2. The van der Waals surface area contributed by atoms with Crippen LogP contribution in [0.25, 0.3) is 0 Å². The first-order valence-electron chi connectivity index (χ1n) is 9.44. The number of nitrogens with zero attached hydrogens (tertiary/aromatic N) is 1. The van der Waals surface area contributed by atoms with Crippen molar-refractivity contribution >= 4 is 11.3 Å². The Morgan fingerprint density at radius 2 is 1.70 bits per heavy atom. The Balaban J connectivity index is 1.67. The average molecular weight is 435 g/mol. The third-order valence-electron chi connectivity index (χ3n) is 4.51. The largest absolute Gasteiger partial charge is 0.496 e. The number of aromatic nitrogens is 1. The molecule has 1 heterocycles. The Hall–Kier alpha value is -2.71. The Kier molecular flexibility index (Phi) is 7.59. The van der Waals surface area contributed by atoms with Crippen molar-refractivity contribution in [3.05, 3.63) is 69.2 Å². The van der Waals surface area contributed by atoms with Gasteiger partial charge < -0.3 is 19.5 Å². The van der Waals surface area contributed by atoms with Crippen LogP contribution in [0.1, 0.15) is 21.0 Å². The Morgan fingerprint density at radius 3 is 2.27 bits per heavy atom. The molecule has 0 fully saturated rings. The van der Waals surface area contributed by atoms with Crippen LogP contribution in [-0.4, -0.2) is 25.7 Å². The summed E-state index contributed by atoms with van der Waals surface area (Å²) in [4.78, 5) is 5.55. The van der Waals surface area contributed by atoms with E-state index in [-0.39, 0.29) is 12.2 Å². The number of aryl methyl sites for hydroxylation is 1. The molecule has 0 bridgehead atoms. The van der Waals surface area contributed by atoms with Gasteiger partial charge in [0.05, 0.1) is 30.4 Å². The molecule has 3 aromatic rings. The molecule has 2 aromatic carbocycles. The predicted molar refractivity (Wildman–Crippen MR) is 112 cm³/mol. The zero-order valence-corrected chi connectivity index (χ0v) is 17.9. The SMILES string of the molecule is COc1cc(OCc2c(F)cccc2F)cc(OC)c1CNCCc1ncc(C)s1. The molecule has 0 radical (unpaired) electrons. The molecule has 1 N–H and O–H groups in total. The Labute approximate surface area is 178 Å². The van der Waals surface area contributed by atoms with Gasteiger partial charge in [-0.15, -0.1) is 11.3 Å². The molecule has 3 rings (SSSR count). The van der Waals surface area contributed by atoms with E-state index in [1.54, 1.807) is 37.7 Å². The number of hydrogen-bond donors (Lipinski definition) is 1.